The summed E-state index contributed by atoms with van der Waals surface area (Å²) in [7, 11) is 0. The van der Waals surface area contributed by atoms with Gasteiger partial charge < -0.3 is 20.5 Å². The molecule has 110 valence electrons. The van der Waals surface area contributed by atoms with Gasteiger partial charge in [-0.1, -0.05) is 12.1 Å². The maximum absolute atomic E-state index is 12.1. The Morgan fingerprint density at radius 2 is 2.35 bits per heavy atom. The molecule has 1 saturated heterocycles. The van der Waals surface area contributed by atoms with E-state index in [2.05, 4.69) is 5.32 Å². The maximum atomic E-state index is 12.1. The summed E-state index contributed by atoms with van der Waals surface area (Å²) in [5.74, 6) is -0.102. The smallest absolute Gasteiger partial charge is 0.253 e. The zero-order chi connectivity index (χ0) is 14.4. The molecule has 1 aliphatic rings. The molecule has 5 nitrogen and oxygen atoms in total. The molecule has 0 bridgehead atoms. The Balaban J connectivity index is 1.91. The minimum Gasteiger partial charge on any atom is -0.377 e. The van der Waals surface area contributed by atoms with Crippen LogP contribution in [0.2, 0.25) is 0 Å². The molecule has 0 aromatic heterocycles. The fourth-order valence-electron chi connectivity index (χ4n) is 2.25. The molecule has 5 heteroatoms. The molecule has 0 spiro atoms. The summed E-state index contributed by atoms with van der Waals surface area (Å²) in [6, 6.07) is 7.66. The lowest BCUT2D eigenvalue weighted by atomic mass is 10.1. The van der Waals surface area contributed by atoms with Crippen LogP contribution in [0.25, 0.3) is 0 Å². The van der Waals surface area contributed by atoms with Crippen LogP contribution >= 0.6 is 0 Å². The van der Waals surface area contributed by atoms with Crippen LogP contribution in [0.15, 0.2) is 24.3 Å². The van der Waals surface area contributed by atoms with Gasteiger partial charge in [0, 0.05) is 18.8 Å². The first-order valence-corrected chi connectivity index (χ1v) is 7.06. The number of carbonyl (C=O) groups is 1. The Hall–Kier alpha value is -1.43. The second-order valence-corrected chi connectivity index (χ2v) is 4.89. The van der Waals surface area contributed by atoms with Crippen LogP contribution in [0.1, 0.15) is 25.3 Å². The number of nitrogens with one attached hydrogen (secondary N) is 1. The van der Waals surface area contributed by atoms with Crippen LogP contribution in [0, 0.1) is 0 Å². The summed E-state index contributed by atoms with van der Waals surface area (Å²) in [6.45, 7) is 3.65. The van der Waals surface area contributed by atoms with E-state index in [1.54, 1.807) is 0 Å². The number of carbonyl (C=O) groups excluding carboxylic acids is 1. The van der Waals surface area contributed by atoms with Crippen molar-refractivity contribution in [2.45, 2.75) is 38.6 Å². The van der Waals surface area contributed by atoms with E-state index in [1.165, 1.54) is 0 Å². The second-order valence-electron chi connectivity index (χ2n) is 4.89. The van der Waals surface area contributed by atoms with Crippen molar-refractivity contribution in [2.24, 2.45) is 5.73 Å². The lowest BCUT2D eigenvalue weighted by molar-refractivity contribution is -0.126. The third kappa shape index (κ3) is 4.03. The summed E-state index contributed by atoms with van der Waals surface area (Å²) < 4.78 is 10.9. The van der Waals surface area contributed by atoms with E-state index in [1.807, 2.05) is 31.2 Å². The molecule has 0 radical (unpaired) electrons. The van der Waals surface area contributed by atoms with Crippen molar-refractivity contribution in [2.75, 3.05) is 18.5 Å². The van der Waals surface area contributed by atoms with Crippen LogP contribution in [0.4, 0.5) is 5.69 Å². The van der Waals surface area contributed by atoms with Crippen LogP contribution in [-0.2, 0) is 20.9 Å². The number of amides is 1. The number of hydrogen-bond acceptors (Lipinski definition) is 4. The van der Waals surface area contributed by atoms with Gasteiger partial charge in [-0.05, 0) is 37.5 Å². The third-order valence-corrected chi connectivity index (χ3v) is 3.33. The highest BCUT2D eigenvalue weighted by atomic mass is 16.5. The van der Waals surface area contributed by atoms with Gasteiger partial charge in [-0.15, -0.1) is 0 Å². The Labute approximate surface area is 119 Å². The van der Waals surface area contributed by atoms with E-state index in [4.69, 9.17) is 15.2 Å². The predicted octanol–water partition coefficient (Wildman–Crippen LogP) is 1.67. The average Bonchev–Trinajstić information content (AvgIpc) is 2.94. The zero-order valence-electron chi connectivity index (χ0n) is 11.8. The largest absolute Gasteiger partial charge is 0.377 e. The first kappa shape index (κ1) is 15.0. The molecule has 1 heterocycles. The van der Waals surface area contributed by atoms with Gasteiger partial charge >= 0.3 is 0 Å². The number of hydrogen-bond donors (Lipinski definition) is 2. The van der Waals surface area contributed by atoms with Crippen molar-refractivity contribution in [3.05, 3.63) is 29.8 Å². The van der Waals surface area contributed by atoms with Crippen molar-refractivity contribution >= 4 is 11.6 Å². The number of ether oxygens (including phenoxy) is 2. The summed E-state index contributed by atoms with van der Waals surface area (Å²) in [5.41, 5.74) is 7.35. The van der Waals surface area contributed by atoms with Gasteiger partial charge in [0.2, 0.25) is 0 Å². The Kier molecular flexibility index (Phi) is 5.52. The average molecular weight is 278 g/mol. The fourth-order valence-corrected chi connectivity index (χ4v) is 2.25. The molecule has 3 N–H and O–H groups in total. The number of nitrogens with two attached hydrogens (primary N) is 1. The van der Waals surface area contributed by atoms with Gasteiger partial charge in [0.15, 0.2) is 0 Å². The topological polar surface area (TPSA) is 73.6 Å². The molecule has 1 aromatic rings. The summed E-state index contributed by atoms with van der Waals surface area (Å²) in [5, 5.41) is 2.89. The molecular weight excluding hydrogens is 256 g/mol. The molecule has 0 saturated carbocycles. The third-order valence-electron chi connectivity index (χ3n) is 3.33. The van der Waals surface area contributed by atoms with Crippen molar-refractivity contribution in [3.8, 4) is 0 Å². The van der Waals surface area contributed by atoms with Crippen LogP contribution in [0.5, 0.6) is 0 Å². The molecule has 1 aromatic carbocycles. The van der Waals surface area contributed by atoms with Crippen LogP contribution in [-0.4, -0.2) is 31.3 Å². The van der Waals surface area contributed by atoms with Gasteiger partial charge in [-0.25, -0.2) is 0 Å². The van der Waals surface area contributed by atoms with Gasteiger partial charge in [-0.2, -0.15) is 0 Å². The molecular formula is C15H22N2O3. The van der Waals surface area contributed by atoms with Crippen molar-refractivity contribution < 1.29 is 14.3 Å². The minimum absolute atomic E-state index is 0.00929. The van der Waals surface area contributed by atoms with E-state index in [-0.39, 0.29) is 18.1 Å². The van der Waals surface area contributed by atoms with Crippen LogP contribution in [0.3, 0.4) is 0 Å². The molecule has 0 aliphatic carbocycles. The quantitative estimate of drug-likeness (QED) is 0.830. The first-order chi connectivity index (χ1) is 9.72. The highest BCUT2D eigenvalue weighted by molar-refractivity contribution is 5.94. The minimum atomic E-state index is -0.390. The van der Waals surface area contributed by atoms with Crippen LogP contribution < -0.4 is 11.1 Å². The monoisotopic (exact) mass is 278 g/mol. The molecule has 2 rings (SSSR count). The Morgan fingerprint density at radius 3 is 3.05 bits per heavy atom. The number of rotatable bonds is 6. The highest BCUT2D eigenvalue weighted by Crippen LogP contribution is 2.21. The molecule has 1 amide bonds. The number of anilines is 1. The lowest BCUT2D eigenvalue weighted by Crippen LogP contribution is -2.29. The summed E-state index contributed by atoms with van der Waals surface area (Å²) in [6.07, 6.45) is 1.19. The predicted molar refractivity (Wildman–Crippen MR) is 77.4 cm³/mol. The normalized spacial score (nSPS) is 21.9. The zero-order valence-corrected chi connectivity index (χ0v) is 11.8. The second kappa shape index (κ2) is 7.38. The Morgan fingerprint density at radius 1 is 1.50 bits per heavy atom. The molecule has 0 unspecified atom stereocenters. The first-order valence-electron chi connectivity index (χ1n) is 7.06. The maximum Gasteiger partial charge on any atom is 0.253 e. The van der Waals surface area contributed by atoms with E-state index in [0.29, 0.717) is 19.8 Å². The molecule has 20 heavy (non-hydrogen) atoms. The standard InChI is InChI=1S/C15H22N2O3/c1-2-19-10-11-4-3-5-12(8-11)17-15(18)14-7-6-13(9-16)20-14/h3-5,8,13-14H,2,6-7,9-10,16H2,1H3,(H,17,18)/t13-,14+/m1/s1. The van der Waals surface area contributed by atoms with E-state index < -0.39 is 0 Å². The number of benzene rings is 1. The van der Waals surface area contributed by atoms with Crippen molar-refractivity contribution in [3.63, 3.8) is 0 Å². The van der Waals surface area contributed by atoms with Gasteiger partial charge in [0.05, 0.1) is 12.7 Å². The van der Waals surface area contributed by atoms with E-state index in [0.717, 1.165) is 24.1 Å². The molecule has 2 atom stereocenters. The summed E-state index contributed by atoms with van der Waals surface area (Å²) >= 11 is 0. The van der Waals surface area contributed by atoms with Gasteiger partial charge in [-0.3, -0.25) is 4.79 Å². The Bertz CT molecular complexity index is 450. The molecule has 1 fully saturated rings. The SMILES string of the molecule is CCOCc1cccc(NC(=O)[C@@H]2CC[C@H](CN)O2)c1. The van der Waals surface area contributed by atoms with Crippen molar-refractivity contribution in [1.82, 2.24) is 0 Å². The van der Waals surface area contributed by atoms with E-state index in [9.17, 15) is 4.79 Å². The van der Waals surface area contributed by atoms with Crippen molar-refractivity contribution in [1.29, 1.82) is 0 Å². The van der Waals surface area contributed by atoms with E-state index >= 15 is 0 Å². The summed E-state index contributed by atoms with van der Waals surface area (Å²) in [4.78, 5) is 12.1. The van der Waals surface area contributed by atoms with Gasteiger partial charge in [0.1, 0.15) is 6.10 Å². The molecule has 1 aliphatic heterocycles. The lowest BCUT2D eigenvalue weighted by Gasteiger charge is -2.13. The highest BCUT2D eigenvalue weighted by Gasteiger charge is 2.29. The fraction of sp³-hybridized carbons (Fsp3) is 0.533. The van der Waals surface area contributed by atoms with Gasteiger partial charge in [0.25, 0.3) is 5.91 Å².